The van der Waals surface area contributed by atoms with Gasteiger partial charge >= 0.3 is 0 Å². The summed E-state index contributed by atoms with van der Waals surface area (Å²) in [6.07, 6.45) is 2.01. The number of nitrogens with one attached hydrogen (secondary N) is 1. The van der Waals surface area contributed by atoms with Crippen LogP contribution in [0.5, 0.6) is 0 Å². The average Bonchev–Trinajstić information content (AvgIpc) is 2.60. The first-order valence-electron chi connectivity index (χ1n) is 5.47. The number of benzene rings is 1. The summed E-state index contributed by atoms with van der Waals surface area (Å²) >= 11 is 7.73. The first kappa shape index (κ1) is 12.8. The molecule has 0 unspecified atom stereocenters. The van der Waals surface area contributed by atoms with E-state index in [1.165, 1.54) is 9.26 Å². The molecule has 0 amide bonds. The Kier molecular flexibility index (Phi) is 3.45. The van der Waals surface area contributed by atoms with Crippen molar-refractivity contribution in [2.45, 2.75) is 26.2 Å². The van der Waals surface area contributed by atoms with Crippen molar-refractivity contribution < 1.29 is 0 Å². The molecule has 0 saturated carbocycles. The van der Waals surface area contributed by atoms with Crippen LogP contribution in [0.4, 0.5) is 0 Å². The van der Waals surface area contributed by atoms with Gasteiger partial charge in [-0.2, -0.15) is 0 Å². The molecule has 0 atom stereocenters. The highest BCUT2D eigenvalue weighted by Crippen LogP contribution is 2.27. The fraction of sp³-hybridized carbons (Fsp3) is 0.308. The summed E-state index contributed by atoms with van der Waals surface area (Å²) in [4.78, 5) is 3.14. The smallest absolute Gasteiger partial charge is 0.182 e. The van der Waals surface area contributed by atoms with Crippen LogP contribution in [-0.2, 0) is 5.41 Å². The van der Waals surface area contributed by atoms with Gasteiger partial charge in [-0.05, 0) is 46.9 Å². The number of aromatic nitrogens is 2. The van der Waals surface area contributed by atoms with Crippen molar-refractivity contribution in [3.8, 4) is 5.69 Å². The van der Waals surface area contributed by atoms with Crippen LogP contribution in [0.25, 0.3) is 5.69 Å². The van der Waals surface area contributed by atoms with E-state index in [0.717, 1.165) is 10.5 Å². The zero-order valence-corrected chi connectivity index (χ0v) is 13.1. The number of rotatable bonds is 1. The van der Waals surface area contributed by atoms with Crippen LogP contribution in [0.3, 0.4) is 0 Å². The standard InChI is InChI=1S/C13H15IN2S/c1-13(2,3)11-8-15-12(17)16(11)10-7-5-4-6-9(10)14/h4-8H,1-3H3,(H,15,17). The van der Waals surface area contributed by atoms with Crippen molar-refractivity contribution in [2.75, 3.05) is 0 Å². The zero-order chi connectivity index (χ0) is 12.6. The van der Waals surface area contributed by atoms with E-state index in [-0.39, 0.29) is 5.41 Å². The van der Waals surface area contributed by atoms with E-state index in [9.17, 15) is 0 Å². The molecule has 0 spiro atoms. The molecule has 0 saturated heterocycles. The lowest BCUT2D eigenvalue weighted by molar-refractivity contribution is 0.555. The van der Waals surface area contributed by atoms with Gasteiger partial charge < -0.3 is 4.98 Å². The van der Waals surface area contributed by atoms with Crippen LogP contribution < -0.4 is 0 Å². The molecule has 90 valence electrons. The van der Waals surface area contributed by atoms with Crippen molar-refractivity contribution in [3.63, 3.8) is 0 Å². The van der Waals surface area contributed by atoms with Crippen LogP contribution in [0.15, 0.2) is 30.5 Å². The Morgan fingerprint density at radius 1 is 1.24 bits per heavy atom. The zero-order valence-electron chi connectivity index (χ0n) is 10.1. The Hall–Kier alpha value is -0.620. The Morgan fingerprint density at radius 2 is 1.88 bits per heavy atom. The van der Waals surface area contributed by atoms with Crippen LogP contribution >= 0.6 is 34.8 Å². The van der Waals surface area contributed by atoms with Gasteiger partial charge in [-0.15, -0.1) is 0 Å². The molecule has 0 radical (unpaired) electrons. The number of hydrogen-bond acceptors (Lipinski definition) is 1. The summed E-state index contributed by atoms with van der Waals surface area (Å²) in [6.45, 7) is 6.58. The van der Waals surface area contributed by atoms with Gasteiger partial charge in [0.25, 0.3) is 0 Å². The van der Waals surface area contributed by atoms with Crippen LogP contribution in [-0.4, -0.2) is 9.55 Å². The van der Waals surface area contributed by atoms with Gasteiger partial charge in [0, 0.05) is 20.9 Å². The molecular formula is C13H15IN2S. The lowest BCUT2D eigenvalue weighted by atomic mass is 9.92. The first-order valence-corrected chi connectivity index (χ1v) is 6.96. The fourth-order valence-corrected chi connectivity index (χ4v) is 2.68. The third-order valence-corrected chi connectivity index (χ3v) is 3.85. The SMILES string of the molecule is CC(C)(C)c1c[nH]c(=S)n1-c1ccccc1I. The lowest BCUT2D eigenvalue weighted by Crippen LogP contribution is -2.17. The molecule has 2 rings (SSSR count). The molecule has 0 aliphatic carbocycles. The maximum atomic E-state index is 5.39. The van der Waals surface area contributed by atoms with Crippen LogP contribution in [0.1, 0.15) is 26.5 Å². The summed E-state index contributed by atoms with van der Waals surface area (Å²) in [7, 11) is 0. The molecule has 1 aromatic heterocycles. The summed E-state index contributed by atoms with van der Waals surface area (Å²) in [6, 6.07) is 8.27. The van der Waals surface area contributed by atoms with Gasteiger partial charge in [-0.1, -0.05) is 32.9 Å². The highest BCUT2D eigenvalue weighted by Gasteiger charge is 2.20. The Bertz CT molecular complexity index is 590. The number of H-pyrrole nitrogens is 1. The highest BCUT2D eigenvalue weighted by molar-refractivity contribution is 14.1. The number of nitrogens with zero attached hydrogens (tertiary/aromatic N) is 1. The van der Waals surface area contributed by atoms with Crippen molar-refractivity contribution in [2.24, 2.45) is 0 Å². The second-order valence-electron chi connectivity index (χ2n) is 5.02. The van der Waals surface area contributed by atoms with E-state index >= 15 is 0 Å². The lowest BCUT2D eigenvalue weighted by Gasteiger charge is -2.21. The minimum absolute atomic E-state index is 0.0620. The topological polar surface area (TPSA) is 20.7 Å². The van der Waals surface area contributed by atoms with Crippen molar-refractivity contribution >= 4 is 34.8 Å². The summed E-state index contributed by atoms with van der Waals surface area (Å²) in [5, 5.41) is 0. The average molecular weight is 358 g/mol. The third-order valence-electron chi connectivity index (χ3n) is 2.64. The second kappa shape index (κ2) is 4.57. The maximum absolute atomic E-state index is 5.39. The van der Waals surface area contributed by atoms with Gasteiger partial charge in [0.05, 0.1) is 5.69 Å². The fourth-order valence-electron chi connectivity index (χ4n) is 1.79. The Balaban J connectivity index is 2.73. The van der Waals surface area contributed by atoms with Crippen molar-refractivity contribution in [3.05, 3.63) is 44.5 Å². The molecule has 1 N–H and O–H groups in total. The molecule has 1 aromatic carbocycles. The number of hydrogen-bond donors (Lipinski definition) is 1. The van der Waals surface area contributed by atoms with E-state index in [4.69, 9.17) is 12.2 Å². The highest BCUT2D eigenvalue weighted by atomic mass is 127. The van der Waals surface area contributed by atoms with Crippen LogP contribution in [0.2, 0.25) is 0 Å². The third kappa shape index (κ3) is 2.47. The molecule has 2 nitrogen and oxygen atoms in total. The van der Waals surface area contributed by atoms with Crippen LogP contribution in [0, 0.1) is 8.34 Å². The molecule has 2 aromatic rings. The van der Waals surface area contributed by atoms with E-state index in [2.05, 4.69) is 65.0 Å². The minimum atomic E-state index is 0.0620. The maximum Gasteiger partial charge on any atom is 0.182 e. The summed E-state index contributed by atoms with van der Waals surface area (Å²) in [5.41, 5.74) is 2.41. The van der Waals surface area contributed by atoms with E-state index in [1.54, 1.807) is 0 Å². The molecular weight excluding hydrogens is 343 g/mol. The molecule has 0 aliphatic heterocycles. The van der Waals surface area contributed by atoms with Gasteiger partial charge in [-0.25, -0.2) is 0 Å². The number of aromatic amines is 1. The molecule has 0 aliphatic rings. The predicted molar refractivity (Wildman–Crippen MR) is 82.4 cm³/mol. The molecule has 1 heterocycles. The minimum Gasteiger partial charge on any atom is -0.337 e. The number of halogens is 1. The second-order valence-corrected chi connectivity index (χ2v) is 6.56. The quantitative estimate of drug-likeness (QED) is 0.591. The number of para-hydroxylation sites is 1. The van der Waals surface area contributed by atoms with E-state index in [1.807, 2.05) is 18.3 Å². The van der Waals surface area contributed by atoms with Gasteiger partial charge in [0.2, 0.25) is 0 Å². The van der Waals surface area contributed by atoms with E-state index < -0.39 is 0 Å². The van der Waals surface area contributed by atoms with Crippen molar-refractivity contribution in [1.82, 2.24) is 9.55 Å². The van der Waals surface area contributed by atoms with Gasteiger partial charge in [0.1, 0.15) is 0 Å². The summed E-state index contributed by atoms with van der Waals surface area (Å²) in [5.74, 6) is 0. The first-order chi connectivity index (χ1) is 7.91. The molecule has 17 heavy (non-hydrogen) atoms. The Morgan fingerprint density at radius 3 is 2.47 bits per heavy atom. The van der Waals surface area contributed by atoms with Gasteiger partial charge in [0.15, 0.2) is 4.77 Å². The van der Waals surface area contributed by atoms with Crippen molar-refractivity contribution in [1.29, 1.82) is 0 Å². The monoisotopic (exact) mass is 358 g/mol. The normalized spacial score (nSPS) is 11.8. The molecule has 4 heteroatoms. The predicted octanol–water partition coefficient (Wildman–Crippen LogP) is 4.44. The summed E-state index contributed by atoms with van der Waals surface area (Å²) < 4.78 is 4.07. The largest absolute Gasteiger partial charge is 0.337 e. The number of imidazole rings is 1. The van der Waals surface area contributed by atoms with Gasteiger partial charge in [-0.3, -0.25) is 4.57 Å². The Labute approximate surface area is 120 Å². The molecule has 0 fully saturated rings. The van der Waals surface area contributed by atoms with E-state index in [0.29, 0.717) is 0 Å². The molecule has 0 bridgehead atoms.